The van der Waals surface area contributed by atoms with Gasteiger partial charge in [0.25, 0.3) is 0 Å². The molecule has 0 spiro atoms. The molecule has 1 unspecified atom stereocenters. The van der Waals surface area contributed by atoms with Gasteiger partial charge in [-0.05, 0) is 37.9 Å². The molecule has 3 N–H and O–H groups in total. The van der Waals surface area contributed by atoms with Crippen LogP contribution in [0, 0.1) is 6.92 Å². The lowest BCUT2D eigenvalue weighted by molar-refractivity contribution is -0.118. The lowest BCUT2D eigenvalue weighted by Gasteiger charge is -2.34. The van der Waals surface area contributed by atoms with Gasteiger partial charge >= 0.3 is 0 Å². The Labute approximate surface area is 115 Å². The van der Waals surface area contributed by atoms with Gasteiger partial charge in [0.1, 0.15) is 0 Å². The fourth-order valence-corrected chi connectivity index (χ4v) is 2.62. The number of nitrogens with zero attached hydrogens (tertiary/aromatic N) is 1. The number of hydrogen-bond acceptors (Lipinski definition) is 3. The van der Waals surface area contributed by atoms with Crippen LogP contribution < -0.4 is 11.1 Å². The highest BCUT2D eigenvalue weighted by molar-refractivity contribution is 5.92. The summed E-state index contributed by atoms with van der Waals surface area (Å²) in [6, 6.07) is 8.20. The van der Waals surface area contributed by atoms with E-state index in [2.05, 4.69) is 10.2 Å². The highest BCUT2D eigenvalue weighted by Gasteiger charge is 2.22. The van der Waals surface area contributed by atoms with E-state index >= 15 is 0 Å². The molecule has 2 rings (SSSR count). The summed E-state index contributed by atoms with van der Waals surface area (Å²) >= 11 is 0. The number of nitrogens with two attached hydrogens (primary N) is 1. The number of hydrogen-bond donors (Lipinski definition) is 2. The highest BCUT2D eigenvalue weighted by Crippen LogP contribution is 2.17. The van der Waals surface area contributed by atoms with Crippen LogP contribution in [0.25, 0.3) is 0 Å². The summed E-state index contributed by atoms with van der Waals surface area (Å²) in [6.45, 7) is 4.05. The summed E-state index contributed by atoms with van der Waals surface area (Å²) in [5, 5.41) is 2.98. The largest absolute Gasteiger partial charge is 0.329 e. The van der Waals surface area contributed by atoms with Crippen molar-refractivity contribution in [2.45, 2.75) is 32.2 Å². The smallest absolute Gasteiger partial charge is 0.238 e. The maximum Gasteiger partial charge on any atom is 0.238 e. The molecule has 0 bridgehead atoms. The number of para-hydroxylation sites is 1. The van der Waals surface area contributed by atoms with Crippen molar-refractivity contribution in [1.29, 1.82) is 0 Å². The summed E-state index contributed by atoms with van der Waals surface area (Å²) in [4.78, 5) is 14.3. The van der Waals surface area contributed by atoms with Crippen LogP contribution in [-0.4, -0.2) is 36.5 Å². The summed E-state index contributed by atoms with van der Waals surface area (Å²) in [5.74, 6) is 0.0506. The molecule has 1 amide bonds. The van der Waals surface area contributed by atoms with E-state index in [1.54, 1.807) is 0 Å². The van der Waals surface area contributed by atoms with Gasteiger partial charge in [0.15, 0.2) is 0 Å². The van der Waals surface area contributed by atoms with Crippen LogP contribution in [0.3, 0.4) is 0 Å². The van der Waals surface area contributed by atoms with Gasteiger partial charge in [0.2, 0.25) is 5.91 Å². The van der Waals surface area contributed by atoms with E-state index in [0.717, 1.165) is 30.6 Å². The molecule has 1 heterocycles. The maximum absolute atomic E-state index is 12.1. The third-order valence-corrected chi connectivity index (χ3v) is 3.79. The third-order valence-electron chi connectivity index (χ3n) is 3.79. The lowest BCUT2D eigenvalue weighted by Crippen LogP contribution is -2.47. The van der Waals surface area contributed by atoms with E-state index in [1.165, 1.54) is 6.42 Å². The van der Waals surface area contributed by atoms with Crippen molar-refractivity contribution >= 4 is 11.6 Å². The molecule has 0 saturated carbocycles. The number of aryl methyl sites for hydroxylation is 1. The Morgan fingerprint density at radius 3 is 2.95 bits per heavy atom. The molecule has 4 heteroatoms. The fraction of sp³-hybridized carbons (Fsp3) is 0.533. The van der Waals surface area contributed by atoms with Crippen molar-refractivity contribution in [2.24, 2.45) is 5.73 Å². The number of carbonyl (C=O) groups is 1. The van der Waals surface area contributed by atoms with E-state index in [1.807, 2.05) is 31.2 Å². The third kappa shape index (κ3) is 3.78. The van der Waals surface area contributed by atoms with Crippen molar-refractivity contribution in [1.82, 2.24) is 4.90 Å². The summed E-state index contributed by atoms with van der Waals surface area (Å²) in [6.07, 6.45) is 3.49. The lowest BCUT2D eigenvalue weighted by atomic mass is 10.0. The van der Waals surface area contributed by atoms with Crippen LogP contribution in [0.1, 0.15) is 24.8 Å². The van der Waals surface area contributed by atoms with E-state index in [9.17, 15) is 4.79 Å². The molecule has 1 fully saturated rings. The summed E-state index contributed by atoms with van der Waals surface area (Å²) < 4.78 is 0. The first-order valence-electron chi connectivity index (χ1n) is 7.00. The Balaban J connectivity index is 1.92. The molecule has 0 aromatic heterocycles. The van der Waals surface area contributed by atoms with Crippen LogP contribution in [0.15, 0.2) is 24.3 Å². The van der Waals surface area contributed by atoms with Gasteiger partial charge in [0, 0.05) is 18.3 Å². The minimum atomic E-state index is 0.0506. The molecular weight excluding hydrogens is 238 g/mol. The highest BCUT2D eigenvalue weighted by atomic mass is 16.2. The van der Waals surface area contributed by atoms with E-state index in [-0.39, 0.29) is 5.91 Å². The first kappa shape index (κ1) is 14.0. The fourth-order valence-electron chi connectivity index (χ4n) is 2.62. The van der Waals surface area contributed by atoms with Crippen LogP contribution in [0.5, 0.6) is 0 Å². The van der Waals surface area contributed by atoms with Gasteiger partial charge in [-0.25, -0.2) is 0 Å². The molecule has 4 nitrogen and oxygen atoms in total. The minimum absolute atomic E-state index is 0.0506. The molecular formula is C15H23N3O. The summed E-state index contributed by atoms with van der Waals surface area (Å²) in [5.41, 5.74) is 7.76. The number of benzene rings is 1. The van der Waals surface area contributed by atoms with Crippen molar-refractivity contribution in [3.63, 3.8) is 0 Å². The Hall–Kier alpha value is -1.39. The van der Waals surface area contributed by atoms with Gasteiger partial charge in [-0.15, -0.1) is 0 Å². The molecule has 104 valence electrons. The predicted molar refractivity (Wildman–Crippen MR) is 78.1 cm³/mol. The number of likely N-dealkylation sites (tertiary alicyclic amines) is 1. The molecule has 1 aliphatic heterocycles. The number of rotatable bonds is 4. The van der Waals surface area contributed by atoms with Gasteiger partial charge < -0.3 is 11.1 Å². The Kier molecular flexibility index (Phi) is 4.93. The number of nitrogens with one attached hydrogen (secondary N) is 1. The first-order chi connectivity index (χ1) is 9.20. The Morgan fingerprint density at radius 2 is 2.21 bits per heavy atom. The molecule has 1 aliphatic rings. The average Bonchev–Trinajstić information content (AvgIpc) is 2.42. The van der Waals surface area contributed by atoms with Gasteiger partial charge in [-0.2, -0.15) is 0 Å². The Bertz CT molecular complexity index is 433. The first-order valence-corrected chi connectivity index (χ1v) is 7.00. The maximum atomic E-state index is 12.1. The zero-order valence-electron chi connectivity index (χ0n) is 11.6. The van der Waals surface area contributed by atoms with Crippen molar-refractivity contribution in [3.8, 4) is 0 Å². The van der Waals surface area contributed by atoms with Gasteiger partial charge in [0.05, 0.1) is 6.54 Å². The number of amides is 1. The van der Waals surface area contributed by atoms with Crippen molar-refractivity contribution < 1.29 is 4.79 Å². The SMILES string of the molecule is Cc1ccccc1NC(=O)CN1CCCCC1CN. The normalized spacial score (nSPS) is 20.2. The second kappa shape index (κ2) is 6.68. The number of carbonyl (C=O) groups excluding carboxylic acids is 1. The molecule has 0 radical (unpaired) electrons. The average molecular weight is 261 g/mol. The number of piperidine rings is 1. The van der Waals surface area contributed by atoms with Crippen molar-refractivity contribution in [3.05, 3.63) is 29.8 Å². The molecule has 1 aromatic rings. The molecule has 1 aromatic carbocycles. The van der Waals surface area contributed by atoms with Gasteiger partial charge in [-0.1, -0.05) is 24.6 Å². The molecule has 1 atom stereocenters. The Morgan fingerprint density at radius 1 is 1.42 bits per heavy atom. The predicted octanol–water partition coefficient (Wildman–Crippen LogP) is 1.75. The zero-order chi connectivity index (χ0) is 13.7. The topological polar surface area (TPSA) is 58.4 Å². The van der Waals surface area contributed by atoms with E-state index < -0.39 is 0 Å². The second-order valence-corrected chi connectivity index (χ2v) is 5.22. The van der Waals surface area contributed by atoms with Crippen LogP contribution in [-0.2, 0) is 4.79 Å². The monoisotopic (exact) mass is 261 g/mol. The van der Waals surface area contributed by atoms with E-state index in [0.29, 0.717) is 19.1 Å². The minimum Gasteiger partial charge on any atom is -0.329 e. The van der Waals surface area contributed by atoms with Crippen LogP contribution in [0.2, 0.25) is 0 Å². The van der Waals surface area contributed by atoms with Crippen LogP contribution in [0.4, 0.5) is 5.69 Å². The van der Waals surface area contributed by atoms with Crippen molar-refractivity contribution in [2.75, 3.05) is 25.0 Å². The molecule has 19 heavy (non-hydrogen) atoms. The molecule has 0 aliphatic carbocycles. The standard InChI is InChI=1S/C15H23N3O/c1-12-6-2-3-8-14(12)17-15(19)11-18-9-5-4-7-13(18)10-16/h2-3,6,8,13H,4-5,7,9-11,16H2,1H3,(H,17,19). The van der Waals surface area contributed by atoms with Crippen LogP contribution >= 0.6 is 0 Å². The molecule has 1 saturated heterocycles. The second-order valence-electron chi connectivity index (χ2n) is 5.22. The van der Waals surface area contributed by atoms with Gasteiger partial charge in [-0.3, -0.25) is 9.69 Å². The quantitative estimate of drug-likeness (QED) is 0.868. The number of anilines is 1. The zero-order valence-corrected chi connectivity index (χ0v) is 11.6. The summed E-state index contributed by atoms with van der Waals surface area (Å²) in [7, 11) is 0. The van der Waals surface area contributed by atoms with E-state index in [4.69, 9.17) is 5.73 Å².